The molecule has 9 heteroatoms. The molecule has 20 heavy (non-hydrogen) atoms. The van der Waals surface area contributed by atoms with E-state index in [0.717, 1.165) is 0 Å². The van der Waals surface area contributed by atoms with Crippen LogP contribution in [0.3, 0.4) is 0 Å². The molecule has 6 nitrogen and oxygen atoms in total. The smallest absolute Gasteiger partial charge is 0.161 e. The molecule has 0 aliphatic rings. The summed E-state index contributed by atoms with van der Waals surface area (Å²) >= 11 is 12.0. The number of amidine groups is 1. The molecular weight excluding hydrogens is 325 g/mol. The van der Waals surface area contributed by atoms with Gasteiger partial charge in [-0.25, -0.2) is 9.67 Å². The molecule has 0 unspecified atom stereocenters. The highest BCUT2D eigenvalue weighted by Crippen LogP contribution is 2.24. The second-order valence-corrected chi connectivity index (χ2v) is 4.46. The van der Waals surface area contributed by atoms with Crippen molar-refractivity contribution >= 4 is 41.4 Å². The van der Waals surface area contributed by atoms with Crippen LogP contribution in [-0.2, 0) is 18.0 Å². The molecule has 0 amide bonds. The number of nitrogens with zero attached hydrogens (tertiary/aromatic N) is 4. The first-order chi connectivity index (χ1) is 9.16. The number of hydrogen-bond acceptors (Lipinski definition) is 4. The van der Waals surface area contributed by atoms with Gasteiger partial charge in [0.15, 0.2) is 5.84 Å². The van der Waals surface area contributed by atoms with Crippen molar-refractivity contribution in [3.05, 3.63) is 46.5 Å². The highest BCUT2D eigenvalue weighted by Gasteiger charge is 2.05. The maximum absolute atomic E-state index is 5.99. The Morgan fingerprint density at radius 3 is 2.65 bits per heavy atom. The number of hydrogen-bond donors (Lipinski definition) is 1. The van der Waals surface area contributed by atoms with E-state index in [0.29, 0.717) is 22.2 Å². The molecule has 1 heterocycles. The van der Waals surface area contributed by atoms with Crippen molar-refractivity contribution < 1.29 is 4.84 Å². The Labute approximate surface area is 131 Å². The van der Waals surface area contributed by atoms with Gasteiger partial charge in [-0.3, -0.25) is 0 Å². The SMILES string of the molecule is Cl.NC(Cn1cncn1)=NOCc1c(Cl)cccc1Cl. The van der Waals surface area contributed by atoms with Gasteiger partial charge in [-0.05, 0) is 12.1 Å². The average Bonchev–Trinajstić information content (AvgIpc) is 2.85. The Kier molecular flexibility index (Phi) is 6.57. The molecule has 0 bridgehead atoms. The summed E-state index contributed by atoms with van der Waals surface area (Å²) in [6.45, 7) is 0.451. The second kappa shape index (κ2) is 7.94. The normalized spacial score (nSPS) is 11.0. The molecule has 0 saturated carbocycles. The topological polar surface area (TPSA) is 78.3 Å². The molecule has 1 aromatic carbocycles. The van der Waals surface area contributed by atoms with Crippen LogP contribution >= 0.6 is 35.6 Å². The fourth-order valence-electron chi connectivity index (χ4n) is 1.36. The largest absolute Gasteiger partial charge is 0.389 e. The van der Waals surface area contributed by atoms with Gasteiger partial charge in [0.2, 0.25) is 0 Å². The first-order valence-corrected chi connectivity index (χ1v) is 6.12. The molecule has 2 aromatic rings. The summed E-state index contributed by atoms with van der Waals surface area (Å²) in [6, 6.07) is 5.22. The Morgan fingerprint density at radius 1 is 1.35 bits per heavy atom. The van der Waals surface area contributed by atoms with Crippen LogP contribution in [0.2, 0.25) is 10.0 Å². The van der Waals surface area contributed by atoms with Gasteiger partial charge in [-0.15, -0.1) is 12.4 Å². The van der Waals surface area contributed by atoms with E-state index in [1.54, 1.807) is 18.2 Å². The van der Waals surface area contributed by atoms with Gasteiger partial charge in [-0.2, -0.15) is 5.10 Å². The van der Waals surface area contributed by atoms with E-state index in [1.807, 2.05) is 0 Å². The quantitative estimate of drug-likeness (QED) is 0.517. The van der Waals surface area contributed by atoms with Crippen molar-refractivity contribution in [2.24, 2.45) is 10.9 Å². The summed E-state index contributed by atoms with van der Waals surface area (Å²) < 4.78 is 1.53. The van der Waals surface area contributed by atoms with E-state index >= 15 is 0 Å². The summed E-state index contributed by atoms with van der Waals surface area (Å²) in [5.41, 5.74) is 6.35. The van der Waals surface area contributed by atoms with Crippen LogP contribution in [0.1, 0.15) is 5.56 Å². The third kappa shape index (κ3) is 4.56. The lowest BCUT2D eigenvalue weighted by Crippen LogP contribution is -2.20. The zero-order valence-electron chi connectivity index (χ0n) is 10.2. The van der Waals surface area contributed by atoms with Crippen molar-refractivity contribution in [1.82, 2.24) is 14.8 Å². The van der Waals surface area contributed by atoms with Crippen LogP contribution in [0.5, 0.6) is 0 Å². The fourth-order valence-corrected chi connectivity index (χ4v) is 1.87. The molecule has 0 aliphatic carbocycles. The van der Waals surface area contributed by atoms with Crippen LogP contribution in [-0.4, -0.2) is 20.6 Å². The zero-order chi connectivity index (χ0) is 13.7. The molecule has 1 aromatic heterocycles. The van der Waals surface area contributed by atoms with Crippen LogP contribution in [0.25, 0.3) is 0 Å². The van der Waals surface area contributed by atoms with Crippen LogP contribution in [0, 0.1) is 0 Å². The Balaban J connectivity index is 0.00000200. The molecule has 0 saturated heterocycles. The summed E-state index contributed by atoms with van der Waals surface area (Å²) in [4.78, 5) is 8.92. The third-order valence-electron chi connectivity index (χ3n) is 2.24. The van der Waals surface area contributed by atoms with Gasteiger partial charge >= 0.3 is 0 Å². The number of nitrogens with two attached hydrogens (primary N) is 1. The molecule has 0 fully saturated rings. The molecule has 0 atom stereocenters. The fraction of sp³-hybridized carbons (Fsp3) is 0.182. The summed E-state index contributed by atoms with van der Waals surface area (Å²) in [5.74, 6) is 0.272. The van der Waals surface area contributed by atoms with Crippen molar-refractivity contribution in [3.63, 3.8) is 0 Å². The Morgan fingerprint density at radius 2 is 2.05 bits per heavy atom. The van der Waals surface area contributed by atoms with E-state index in [9.17, 15) is 0 Å². The van der Waals surface area contributed by atoms with Gasteiger partial charge < -0.3 is 10.6 Å². The molecule has 0 aliphatic heterocycles. The Hall–Kier alpha value is -1.50. The molecule has 108 valence electrons. The molecule has 0 radical (unpaired) electrons. The van der Waals surface area contributed by atoms with Crippen LogP contribution in [0.15, 0.2) is 36.0 Å². The molecule has 2 N–H and O–H groups in total. The van der Waals surface area contributed by atoms with E-state index in [1.165, 1.54) is 17.3 Å². The zero-order valence-corrected chi connectivity index (χ0v) is 12.6. The standard InChI is InChI=1S/C11H11Cl2N5O.ClH/c12-9-2-1-3-10(13)8(9)5-19-17-11(14)4-18-7-15-6-16-18;/h1-3,6-7H,4-5H2,(H2,14,17);1H. The van der Waals surface area contributed by atoms with Crippen molar-refractivity contribution in [2.45, 2.75) is 13.2 Å². The number of halogens is 3. The van der Waals surface area contributed by atoms with Gasteiger partial charge in [0.05, 0.1) is 0 Å². The lowest BCUT2D eigenvalue weighted by atomic mass is 10.2. The lowest BCUT2D eigenvalue weighted by molar-refractivity contribution is 0.129. The van der Waals surface area contributed by atoms with Gasteiger partial charge in [0.1, 0.15) is 25.8 Å². The first kappa shape index (κ1) is 16.6. The minimum absolute atomic E-state index is 0. The van der Waals surface area contributed by atoms with Crippen molar-refractivity contribution in [1.29, 1.82) is 0 Å². The van der Waals surface area contributed by atoms with Crippen LogP contribution < -0.4 is 5.73 Å². The van der Waals surface area contributed by atoms with Gasteiger partial charge in [-0.1, -0.05) is 34.4 Å². The first-order valence-electron chi connectivity index (χ1n) is 5.36. The van der Waals surface area contributed by atoms with Crippen molar-refractivity contribution in [3.8, 4) is 0 Å². The minimum atomic E-state index is 0. The highest BCUT2D eigenvalue weighted by atomic mass is 35.5. The minimum Gasteiger partial charge on any atom is -0.389 e. The predicted octanol–water partition coefficient (Wildman–Crippen LogP) is 2.50. The van der Waals surface area contributed by atoms with E-state index in [4.69, 9.17) is 33.8 Å². The summed E-state index contributed by atoms with van der Waals surface area (Å²) in [6.07, 6.45) is 2.95. The van der Waals surface area contributed by atoms with Gasteiger partial charge in [0.25, 0.3) is 0 Å². The molecule has 0 spiro atoms. The summed E-state index contributed by atoms with van der Waals surface area (Å²) in [5, 5.41) is 8.71. The maximum Gasteiger partial charge on any atom is 0.161 e. The van der Waals surface area contributed by atoms with E-state index in [2.05, 4.69) is 15.2 Å². The average molecular weight is 337 g/mol. The molecule has 2 rings (SSSR count). The van der Waals surface area contributed by atoms with E-state index in [-0.39, 0.29) is 24.8 Å². The monoisotopic (exact) mass is 335 g/mol. The van der Waals surface area contributed by atoms with E-state index < -0.39 is 0 Å². The third-order valence-corrected chi connectivity index (χ3v) is 2.95. The summed E-state index contributed by atoms with van der Waals surface area (Å²) in [7, 11) is 0. The highest BCUT2D eigenvalue weighted by molar-refractivity contribution is 6.35. The predicted molar refractivity (Wildman–Crippen MR) is 80.1 cm³/mol. The molecular formula is C11H12Cl3N5O. The van der Waals surface area contributed by atoms with Gasteiger partial charge in [0, 0.05) is 15.6 Å². The number of rotatable bonds is 5. The lowest BCUT2D eigenvalue weighted by Gasteiger charge is -2.06. The Bertz CT molecular complexity index is 553. The number of aromatic nitrogens is 3. The maximum atomic E-state index is 5.99. The van der Waals surface area contributed by atoms with Crippen LogP contribution in [0.4, 0.5) is 0 Å². The van der Waals surface area contributed by atoms with Crippen molar-refractivity contribution in [2.75, 3.05) is 0 Å². The number of benzene rings is 1. The number of oxime groups is 1. The second-order valence-electron chi connectivity index (χ2n) is 3.65.